The quantitative estimate of drug-likeness (QED) is 0.559. The fourth-order valence-electron chi connectivity index (χ4n) is 0.726. The van der Waals surface area contributed by atoms with E-state index < -0.39 is 5.78 Å². The lowest BCUT2D eigenvalue weighted by Gasteiger charge is -2.00. The van der Waals surface area contributed by atoms with Crippen molar-refractivity contribution in [3.05, 3.63) is 33.4 Å². The van der Waals surface area contributed by atoms with Gasteiger partial charge in [0.05, 0.1) is 12.1 Å². The first-order chi connectivity index (χ1) is 5.27. The highest BCUT2D eigenvalue weighted by Crippen LogP contribution is 2.15. The van der Waals surface area contributed by atoms with Crippen molar-refractivity contribution in [1.29, 1.82) is 0 Å². The number of hydrogen-bond donors (Lipinski definition) is 0. The molecule has 56 valence electrons. The van der Waals surface area contributed by atoms with Gasteiger partial charge in [-0.2, -0.15) is 0 Å². The molecule has 0 heterocycles. The van der Waals surface area contributed by atoms with Gasteiger partial charge in [0, 0.05) is 0 Å². The van der Waals surface area contributed by atoms with Gasteiger partial charge in [0.15, 0.2) is 11.5 Å². The van der Waals surface area contributed by atoms with Gasteiger partial charge in [-0.3, -0.25) is 4.79 Å². The van der Waals surface area contributed by atoms with Crippen molar-refractivity contribution >= 4 is 5.78 Å². The molecule has 0 aromatic rings. The standard InChI is InChI=1S/C6H4N2O3/c9-6-3-4(7-10)1-2-5(6)8-11/h1-2H,3H2. The molecule has 0 aliphatic heterocycles. The first kappa shape index (κ1) is 7.46. The van der Waals surface area contributed by atoms with Crippen LogP contribution in [0.2, 0.25) is 0 Å². The van der Waals surface area contributed by atoms with Gasteiger partial charge in [-0.15, -0.1) is 9.81 Å². The molecule has 1 rings (SSSR count). The van der Waals surface area contributed by atoms with Crippen LogP contribution in [-0.4, -0.2) is 5.78 Å². The van der Waals surface area contributed by atoms with Crippen LogP contribution in [-0.2, 0) is 4.79 Å². The number of ketones is 1. The molecule has 0 spiro atoms. The maximum absolute atomic E-state index is 10.8. The molecule has 11 heavy (non-hydrogen) atoms. The van der Waals surface area contributed by atoms with Crippen molar-refractivity contribution < 1.29 is 4.79 Å². The van der Waals surface area contributed by atoms with Crippen LogP contribution >= 0.6 is 0 Å². The van der Waals surface area contributed by atoms with Crippen molar-refractivity contribution in [2.24, 2.45) is 10.4 Å². The smallest absolute Gasteiger partial charge is 0.190 e. The molecule has 0 N–H and O–H groups in total. The first-order valence-electron chi connectivity index (χ1n) is 2.88. The second-order valence-electron chi connectivity index (χ2n) is 1.99. The van der Waals surface area contributed by atoms with E-state index in [0.29, 0.717) is 0 Å². The Morgan fingerprint density at radius 1 is 1.18 bits per heavy atom. The Morgan fingerprint density at radius 3 is 2.36 bits per heavy atom. The number of Topliss-reactive ketones (excluding diaryl/α,β-unsaturated/α-hetero) is 1. The Bertz CT molecular complexity index is 278. The lowest BCUT2D eigenvalue weighted by Crippen LogP contribution is -2.04. The second kappa shape index (κ2) is 2.96. The first-order valence-corrected chi connectivity index (χ1v) is 2.88. The molecule has 5 heteroatoms. The number of carbonyl (C=O) groups is 1. The third kappa shape index (κ3) is 1.43. The largest absolute Gasteiger partial charge is 0.292 e. The van der Waals surface area contributed by atoms with E-state index in [1.165, 1.54) is 12.2 Å². The van der Waals surface area contributed by atoms with Crippen LogP contribution < -0.4 is 0 Å². The van der Waals surface area contributed by atoms with Crippen molar-refractivity contribution in [1.82, 2.24) is 0 Å². The Hall–Kier alpha value is -1.65. The third-order valence-electron chi connectivity index (χ3n) is 1.28. The predicted octanol–water partition coefficient (Wildman–Crippen LogP) is 1.26. The fraction of sp³-hybridized carbons (Fsp3) is 0.167. The molecule has 0 radical (unpaired) electrons. The van der Waals surface area contributed by atoms with E-state index in [4.69, 9.17) is 0 Å². The topological polar surface area (TPSA) is 75.9 Å². The van der Waals surface area contributed by atoms with Crippen molar-refractivity contribution in [2.75, 3.05) is 0 Å². The van der Waals surface area contributed by atoms with Gasteiger partial charge < -0.3 is 0 Å². The van der Waals surface area contributed by atoms with Gasteiger partial charge in [-0.05, 0) is 22.5 Å². The fourth-order valence-corrected chi connectivity index (χ4v) is 0.726. The lowest BCUT2D eigenvalue weighted by molar-refractivity contribution is -0.115. The Labute approximate surface area is 61.7 Å². The Morgan fingerprint density at radius 2 is 1.91 bits per heavy atom. The van der Waals surface area contributed by atoms with Gasteiger partial charge in [0.2, 0.25) is 0 Å². The van der Waals surface area contributed by atoms with Crippen molar-refractivity contribution in [3.63, 3.8) is 0 Å². The highest BCUT2D eigenvalue weighted by molar-refractivity contribution is 5.97. The van der Waals surface area contributed by atoms with Crippen LogP contribution in [0.5, 0.6) is 0 Å². The van der Waals surface area contributed by atoms with Gasteiger partial charge in [0.1, 0.15) is 0 Å². The van der Waals surface area contributed by atoms with E-state index in [1.54, 1.807) is 0 Å². The monoisotopic (exact) mass is 152 g/mol. The zero-order valence-corrected chi connectivity index (χ0v) is 5.48. The molecule has 1 aliphatic carbocycles. The second-order valence-corrected chi connectivity index (χ2v) is 1.99. The summed E-state index contributed by atoms with van der Waals surface area (Å²) < 4.78 is 0. The van der Waals surface area contributed by atoms with E-state index in [1.807, 2.05) is 0 Å². The molecular weight excluding hydrogens is 148 g/mol. The summed E-state index contributed by atoms with van der Waals surface area (Å²) in [6, 6.07) is 0. The molecule has 0 saturated carbocycles. The minimum absolute atomic E-state index is 0.124. The van der Waals surface area contributed by atoms with E-state index >= 15 is 0 Å². The number of allylic oxidation sites excluding steroid dienone is 4. The summed E-state index contributed by atoms with van der Waals surface area (Å²) in [6.07, 6.45) is 2.38. The molecule has 1 aliphatic rings. The highest BCUT2D eigenvalue weighted by atomic mass is 16.3. The Kier molecular flexibility index (Phi) is 2.00. The summed E-state index contributed by atoms with van der Waals surface area (Å²) in [6.45, 7) is 0. The zero-order valence-electron chi connectivity index (χ0n) is 5.48. The predicted molar refractivity (Wildman–Crippen MR) is 37.4 cm³/mol. The van der Waals surface area contributed by atoms with Crippen LogP contribution in [0.25, 0.3) is 0 Å². The number of rotatable bonds is 2. The van der Waals surface area contributed by atoms with Gasteiger partial charge in [-0.25, -0.2) is 0 Å². The average Bonchev–Trinajstić information content (AvgIpc) is 2.04. The number of hydrogen-bond acceptors (Lipinski definition) is 5. The molecule has 0 fully saturated rings. The molecule has 0 aromatic carbocycles. The summed E-state index contributed by atoms with van der Waals surface area (Å²) in [4.78, 5) is 30.6. The maximum atomic E-state index is 10.8. The average molecular weight is 152 g/mol. The van der Waals surface area contributed by atoms with Gasteiger partial charge in [-0.1, -0.05) is 0 Å². The van der Waals surface area contributed by atoms with Crippen LogP contribution in [0.15, 0.2) is 33.9 Å². The van der Waals surface area contributed by atoms with Crippen LogP contribution in [0.4, 0.5) is 0 Å². The SMILES string of the molecule is O=NC1=CC=C(N=O)C(=O)C1. The van der Waals surface area contributed by atoms with Crippen molar-refractivity contribution in [3.8, 4) is 0 Å². The maximum Gasteiger partial charge on any atom is 0.190 e. The molecule has 0 amide bonds. The van der Waals surface area contributed by atoms with Crippen LogP contribution in [0.1, 0.15) is 6.42 Å². The van der Waals surface area contributed by atoms with Crippen molar-refractivity contribution in [2.45, 2.75) is 6.42 Å². The summed E-state index contributed by atoms with van der Waals surface area (Å²) in [5, 5.41) is 5.04. The minimum Gasteiger partial charge on any atom is -0.292 e. The van der Waals surface area contributed by atoms with Gasteiger partial charge >= 0.3 is 0 Å². The molecule has 5 nitrogen and oxygen atoms in total. The van der Waals surface area contributed by atoms with Crippen LogP contribution in [0.3, 0.4) is 0 Å². The summed E-state index contributed by atoms with van der Waals surface area (Å²) >= 11 is 0. The van der Waals surface area contributed by atoms with Crippen LogP contribution in [0, 0.1) is 9.81 Å². The molecule has 0 bridgehead atoms. The molecule has 0 unspecified atom stereocenters. The number of nitrogens with zero attached hydrogens (tertiary/aromatic N) is 2. The highest BCUT2D eigenvalue weighted by Gasteiger charge is 2.16. The lowest BCUT2D eigenvalue weighted by atomic mass is 10.1. The number of nitroso groups, excluding NO2 is 2. The molecular formula is C6H4N2O3. The normalized spacial score (nSPS) is 16.9. The molecule has 0 saturated heterocycles. The van der Waals surface area contributed by atoms with E-state index in [-0.39, 0.29) is 17.8 Å². The summed E-state index contributed by atoms with van der Waals surface area (Å²) in [5.41, 5.74) is -0.0280. The molecule has 0 atom stereocenters. The summed E-state index contributed by atoms with van der Waals surface area (Å²) in [5.74, 6) is -0.461. The summed E-state index contributed by atoms with van der Waals surface area (Å²) in [7, 11) is 0. The third-order valence-corrected chi connectivity index (χ3v) is 1.28. The van der Waals surface area contributed by atoms with Gasteiger partial charge in [0.25, 0.3) is 0 Å². The number of carbonyl (C=O) groups excluding carboxylic acids is 1. The van der Waals surface area contributed by atoms with E-state index in [9.17, 15) is 14.6 Å². The molecule has 0 aromatic heterocycles. The zero-order chi connectivity index (χ0) is 8.27. The minimum atomic E-state index is -0.461. The van der Waals surface area contributed by atoms with E-state index in [0.717, 1.165) is 0 Å². The van der Waals surface area contributed by atoms with E-state index in [2.05, 4.69) is 10.4 Å². The Balaban J connectivity index is 2.93.